The van der Waals surface area contributed by atoms with Gasteiger partial charge in [-0.15, -0.1) is 0 Å². The van der Waals surface area contributed by atoms with Crippen molar-refractivity contribution in [2.75, 3.05) is 18.2 Å². The van der Waals surface area contributed by atoms with Crippen LogP contribution < -0.4 is 11.1 Å². The molecule has 5 heteroatoms. The smallest absolute Gasteiger partial charge is 0.222 e. The molecule has 0 spiro atoms. The van der Waals surface area contributed by atoms with E-state index in [1.807, 2.05) is 24.3 Å². The number of benzene rings is 1. The Morgan fingerprint density at radius 3 is 2.95 bits per heavy atom. The van der Waals surface area contributed by atoms with Crippen LogP contribution in [0.1, 0.15) is 19.3 Å². The minimum Gasteiger partial charge on any atom is -0.379 e. The second kappa shape index (κ2) is 5.01. The lowest BCUT2D eigenvalue weighted by Crippen LogP contribution is -2.30. The molecular weight excluding hydrogens is 240 g/mol. The van der Waals surface area contributed by atoms with E-state index in [2.05, 4.69) is 15.3 Å². The van der Waals surface area contributed by atoms with Crippen molar-refractivity contribution >= 4 is 22.7 Å². The van der Waals surface area contributed by atoms with E-state index in [-0.39, 0.29) is 6.10 Å². The zero-order valence-corrected chi connectivity index (χ0v) is 11.0. The number of para-hydroxylation sites is 1. The predicted molar refractivity (Wildman–Crippen MR) is 76.0 cm³/mol. The molecule has 1 aliphatic carbocycles. The van der Waals surface area contributed by atoms with Gasteiger partial charge in [0.1, 0.15) is 5.82 Å². The Morgan fingerprint density at radius 1 is 1.26 bits per heavy atom. The number of aromatic nitrogens is 2. The summed E-state index contributed by atoms with van der Waals surface area (Å²) in [5.74, 6) is 1.10. The number of nitrogens with one attached hydrogen (secondary N) is 1. The van der Waals surface area contributed by atoms with Crippen LogP contribution in [0.5, 0.6) is 0 Å². The maximum atomic E-state index is 5.77. The summed E-state index contributed by atoms with van der Waals surface area (Å²) in [6, 6.07) is 8.18. The molecule has 2 atom stereocenters. The van der Waals surface area contributed by atoms with Crippen molar-refractivity contribution in [3.63, 3.8) is 0 Å². The second-order valence-electron chi connectivity index (χ2n) is 4.90. The van der Waals surface area contributed by atoms with Crippen LogP contribution >= 0.6 is 0 Å². The van der Waals surface area contributed by atoms with E-state index in [0.717, 1.165) is 29.6 Å². The first-order valence-corrected chi connectivity index (χ1v) is 6.59. The van der Waals surface area contributed by atoms with Gasteiger partial charge in [0.15, 0.2) is 0 Å². The van der Waals surface area contributed by atoms with Gasteiger partial charge in [-0.2, -0.15) is 4.98 Å². The molecule has 1 aromatic heterocycles. The van der Waals surface area contributed by atoms with Crippen LogP contribution in [0.15, 0.2) is 24.3 Å². The molecule has 5 nitrogen and oxygen atoms in total. The molecule has 1 heterocycles. The van der Waals surface area contributed by atoms with Crippen LogP contribution in [0.2, 0.25) is 0 Å². The summed E-state index contributed by atoms with van der Waals surface area (Å²) in [6.45, 7) is 0. The van der Waals surface area contributed by atoms with Crippen LogP contribution in [-0.4, -0.2) is 29.2 Å². The highest BCUT2D eigenvalue weighted by Crippen LogP contribution is 2.27. The SMILES string of the molecule is COC1CCCC1Nc1nc(N)nc2ccccc12. The molecule has 1 saturated carbocycles. The number of hydrogen-bond acceptors (Lipinski definition) is 5. The average molecular weight is 258 g/mol. The van der Waals surface area contributed by atoms with E-state index in [1.165, 1.54) is 6.42 Å². The third-order valence-electron chi connectivity index (χ3n) is 3.70. The molecule has 19 heavy (non-hydrogen) atoms. The number of methoxy groups -OCH3 is 1. The Morgan fingerprint density at radius 2 is 2.11 bits per heavy atom. The first-order valence-electron chi connectivity index (χ1n) is 6.59. The summed E-state index contributed by atoms with van der Waals surface area (Å²) >= 11 is 0. The van der Waals surface area contributed by atoms with Crippen LogP contribution in [0, 0.1) is 0 Å². The molecule has 3 N–H and O–H groups in total. The third kappa shape index (κ3) is 2.33. The number of fused-ring (bicyclic) bond motifs is 1. The van der Waals surface area contributed by atoms with Crippen molar-refractivity contribution in [2.45, 2.75) is 31.4 Å². The van der Waals surface area contributed by atoms with Gasteiger partial charge in [0.25, 0.3) is 0 Å². The quantitative estimate of drug-likeness (QED) is 0.883. The van der Waals surface area contributed by atoms with Crippen molar-refractivity contribution < 1.29 is 4.74 Å². The first-order chi connectivity index (χ1) is 9.28. The fraction of sp³-hybridized carbons (Fsp3) is 0.429. The number of hydrogen-bond donors (Lipinski definition) is 2. The third-order valence-corrected chi connectivity index (χ3v) is 3.70. The Labute approximate surface area is 112 Å². The molecule has 2 aromatic rings. The normalized spacial score (nSPS) is 22.8. The highest BCUT2D eigenvalue weighted by molar-refractivity contribution is 5.89. The van der Waals surface area contributed by atoms with Crippen LogP contribution in [0.3, 0.4) is 0 Å². The van der Waals surface area contributed by atoms with Gasteiger partial charge in [-0.25, -0.2) is 4.98 Å². The van der Waals surface area contributed by atoms with Gasteiger partial charge in [0.05, 0.1) is 17.7 Å². The number of nitrogens with zero attached hydrogens (tertiary/aromatic N) is 2. The maximum absolute atomic E-state index is 5.77. The van der Waals surface area contributed by atoms with Crippen LogP contribution in [0.4, 0.5) is 11.8 Å². The zero-order chi connectivity index (χ0) is 13.2. The van der Waals surface area contributed by atoms with Crippen LogP contribution in [-0.2, 0) is 4.74 Å². The molecule has 0 radical (unpaired) electrons. The average Bonchev–Trinajstić information content (AvgIpc) is 2.86. The molecule has 0 saturated heterocycles. The molecule has 2 unspecified atom stereocenters. The summed E-state index contributed by atoms with van der Waals surface area (Å²) in [6.07, 6.45) is 3.60. The first kappa shape index (κ1) is 12.2. The Balaban J connectivity index is 1.96. The lowest BCUT2D eigenvalue weighted by atomic mass is 10.2. The molecule has 0 amide bonds. The van der Waals surface area contributed by atoms with Gasteiger partial charge in [-0.3, -0.25) is 0 Å². The van der Waals surface area contributed by atoms with Crippen molar-refractivity contribution in [3.8, 4) is 0 Å². The van der Waals surface area contributed by atoms with E-state index in [4.69, 9.17) is 10.5 Å². The fourth-order valence-corrected chi connectivity index (χ4v) is 2.75. The molecule has 0 aliphatic heterocycles. The van der Waals surface area contributed by atoms with Crippen molar-refractivity contribution in [2.24, 2.45) is 0 Å². The number of nitrogen functional groups attached to an aromatic ring is 1. The van der Waals surface area contributed by atoms with Gasteiger partial charge < -0.3 is 15.8 Å². The van der Waals surface area contributed by atoms with E-state index in [1.54, 1.807) is 7.11 Å². The molecular formula is C14H18N4O. The largest absolute Gasteiger partial charge is 0.379 e. The fourth-order valence-electron chi connectivity index (χ4n) is 2.75. The highest BCUT2D eigenvalue weighted by atomic mass is 16.5. The van der Waals surface area contributed by atoms with E-state index < -0.39 is 0 Å². The Kier molecular flexibility index (Phi) is 3.21. The minimum atomic E-state index is 0.245. The molecule has 1 aliphatic rings. The molecule has 0 bridgehead atoms. The molecule has 100 valence electrons. The van der Waals surface area contributed by atoms with Gasteiger partial charge in [-0.05, 0) is 31.4 Å². The second-order valence-corrected chi connectivity index (χ2v) is 4.90. The van der Waals surface area contributed by atoms with E-state index in [0.29, 0.717) is 12.0 Å². The number of ether oxygens (including phenoxy) is 1. The monoisotopic (exact) mass is 258 g/mol. The van der Waals surface area contributed by atoms with E-state index >= 15 is 0 Å². The molecule has 1 aromatic carbocycles. The lowest BCUT2D eigenvalue weighted by molar-refractivity contribution is 0.101. The molecule has 3 rings (SSSR count). The summed E-state index contributed by atoms with van der Waals surface area (Å²) in [5.41, 5.74) is 6.64. The zero-order valence-electron chi connectivity index (χ0n) is 11.0. The van der Waals surface area contributed by atoms with Crippen molar-refractivity contribution in [3.05, 3.63) is 24.3 Å². The highest BCUT2D eigenvalue weighted by Gasteiger charge is 2.27. The summed E-state index contributed by atoms with van der Waals surface area (Å²) in [4.78, 5) is 8.58. The minimum absolute atomic E-state index is 0.245. The molecule has 1 fully saturated rings. The van der Waals surface area contributed by atoms with Gasteiger partial charge >= 0.3 is 0 Å². The number of anilines is 2. The Hall–Kier alpha value is -1.88. The Bertz CT molecular complexity index is 587. The van der Waals surface area contributed by atoms with Gasteiger partial charge in [0.2, 0.25) is 5.95 Å². The summed E-state index contributed by atoms with van der Waals surface area (Å²) in [5, 5.41) is 4.47. The summed E-state index contributed by atoms with van der Waals surface area (Å²) < 4.78 is 5.50. The lowest BCUT2D eigenvalue weighted by Gasteiger charge is -2.21. The van der Waals surface area contributed by atoms with Crippen molar-refractivity contribution in [1.29, 1.82) is 0 Å². The number of rotatable bonds is 3. The summed E-state index contributed by atoms with van der Waals surface area (Å²) in [7, 11) is 1.76. The standard InChI is InChI=1S/C14H18N4O/c1-19-12-8-4-7-11(12)16-13-9-5-2-3-6-10(9)17-14(15)18-13/h2-3,5-6,11-12H,4,7-8H2,1H3,(H3,15,16,17,18). The maximum Gasteiger partial charge on any atom is 0.222 e. The van der Waals surface area contributed by atoms with E-state index in [9.17, 15) is 0 Å². The van der Waals surface area contributed by atoms with Crippen LogP contribution in [0.25, 0.3) is 10.9 Å². The number of nitrogens with two attached hydrogens (primary N) is 1. The topological polar surface area (TPSA) is 73.1 Å². The van der Waals surface area contributed by atoms with Gasteiger partial charge in [0, 0.05) is 12.5 Å². The predicted octanol–water partition coefficient (Wildman–Crippen LogP) is 2.19. The van der Waals surface area contributed by atoms with Gasteiger partial charge in [-0.1, -0.05) is 12.1 Å². The van der Waals surface area contributed by atoms with Crippen molar-refractivity contribution in [1.82, 2.24) is 9.97 Å².